The second-order valence-electron chi connectivity index (χ2n) is 3.60. The highest BCUT2D eigenvalue weighted by Crippen LogP contribution is 2.09. The molecule has 1 aromatic carbocycles. The number of nitrogens with zero attached hydrogens (tertiary/aromatic N) is 1. The van der Waals surface area contributed by atoms with Gasteiger partial charge in [-0.1, -0.05) is 18.2 Å². The zero-order valence-electron chi connectivity index (χ0n) is 10.1. The zero-order chi connectivity index (χ0) is 13.4. The first-order chi connectivity index (χ1) is 8.59. The zero-order valence-corrected chi connectivity index (χ0v) is 10.1. The normalized spacial score (nSPS) is 10.3. The van der Waals surface area contributed by atoms with Crippen LogP contribution in [0.1, 0.15) is 0 Å². The number of benzene rings is 1. The van der Waals surface area contributed by atoms with Gasteiger partial charge in [-0.25, -0.2) is 9.59 Å². The van der Waals surface area contributed by atoms with Gasteiger partial charge >= 0.3 is 11.9 Å². The lowest BCUT2D eigenvalue weighted by atomic mass is 10.3. The number of ether oxygens (including phenoxy) is 1. The maximum Gasteiger partial charge on any atom is 0.331 e. The number of carbonyl (C=O) groups is 2. The number of likely N-dealkylation sites (N-methyl/N-ethyl adjacent to an activating group) is 1. The highest BCUT2D eigenvalue weighted by atomic mass is 16.5. The first kappa shape index (κ1) is 13.8. The van der Waals surface area contributed by atoms with Gasteiger partial charge < -0.3 is 14.7 Å². The Hall–Kier alpha value is -2.30. The third-order valence-electron chi connectivity index (χ3n) is 2.23. The maximum atomic E-state index is 11.1. The lowest BCUT2D eigenvalue weighted by Gasteiger charge is -2.18. The number of esters is 1. The van der Waals surface area contributed by atoms with Gasteiger partial charge in [-0.05, 0) is 12.1 Å². The van der Waals surface area contributed by atoms with Crippen molar-refractivity contribution in [3.05, 3.63) is 42.5 Å². The molecule has 1 aromatic rings. The Morgan fingerprint density at radius 3 is 2.56 bits per heavy atom. The van der Waals surface area contributed by atoms with Crippen LogP contribution in [0.25, 0.3) is 0 Å². The van der Waals surface area contributed by atoms with E-state index in [4.69, 9.17) is 9.84 Å². The van der Waals surface area contributed by atoms with E-state index in [1.54, 1.807) is 0 Å². The molecule has 0 saturated carbocycles. The van der Waals surface area contributed by atoms with Crippen molar-refractivity contribution in [2.75, 3.05) is 25.1 Å². The molecule has 0 aliphatic rings. The highest BCUT2D eigenvalue weighted by Gasteiger charge is 2.02. The minimum atomic E-state index is -1.17. The number of hydrogen-bond donors (Lipinski definition) is 1. The van der Waals surface area contributed by atoms with Gasteiger partial charge in [0.05, 0.1) is 6.54 Å². The van der Waals surface area contributed by atoms with E-state index in [0.29, 0.717) is 6.54 Å². The third kappa shape index (κ3) is 5.16. The van der Waals surface area contributed by atoms with Crippen molar-refractivity contribution in [2.45, 2.75) is 0 Å². The van der Waals surface area contributed by atoms with Crippen molar-refractivity contribution in [1.29, 1.82) is 0 Å². The average Bonchev–Trinajstić information content (AvgIpc) is 2.37. The molecule has 96 valence electrons. The Morgan fingerprint density at radius 2 is 1.94 bits per heavy atom. The van der Waals surface area contributed by atoms with Crippen molar-refractivity contribution in [2.24, 2.45) is 0 Å². The van der Waals surface area contributed by atoms with E-state index in [9.17, 15) is 9.59 Å². The number of carboxylic acid groups (broad SMARTS) is 1. The summed E-state index contributed by atoms with van der Waals surface area (Å²) >= 11 is 0. The SMILES string of the molecule is CN(CCOC(=O)/C=C\C(=O)O)c1ccccc1. The lowest BCUT2D eigenvalue weighted by molar-refractivity contribution is -0.138. The maximum absolute atomic E-state index is 11.1. The molecule has 0 fully saturated rings. The third-order valence-corrected chi connectivity index (χ3v) is 2.23. The molecule has 5 heteroatoms. The Balaban J connectivity index is 2.30. The minimum absolute atomic E-state index is 0.203. The second kappa shape index (κ2) is 7.11. The molecule has 0 spiro atoms. The number of carboxylic acids is 1. The number of carbonyl (C=O) groups excluding carboxylic acids is 1. The predicted molar refractivity (Wildman–Crippen MR) is 67.4 cm³/mol. The molecular formula is C13H15NO4. The second-order valence-corrected chi connectivity index (χ2v) is 3.60. The van der Waals surface area contributed by atoms with E-state index in [1.165, 1.54) is 0 Å². The molecule has 0 atom stereocenters. The molecule has 0 aliphatic heterocycles. The van der Waals surface area contributed by atoms with Gasteiger partial charge in [-0.2, -0.15) is 0 Å². The van der Waals surface area contributed by atoms with Gasteiger partial charge in [-0.3, -0.25) is 0 Å². The number of rotatable bonds is 6. The van der Waals surface area contributed by atoms with Crippen LogP contribution in [0.5, 0.6) is 0 Å². The summed E-state index contributed by atoms with van der Waals surface area (Å²) in [7, 11) is 1.89. The molecule has 0 aromatic heterocycles. The van der Waals surface area contributed by atoms with Gasteiger partial charge in [0.2, 0.25) is 0 Å². The molecule has 0 radical (unpaired) electrons. The Morgan fingerprint density at radius 1 is 1.28 bits per heavy atom. The molecule has 0 aliphatic carbocycles. The summed E-state index contributed by atoms with van der Waals surface area (Å²) < 4.78 is 4.85. The van der Waals surface area contributed by atoms with Gasteiger partial charge in [0.1, 0.15) is 6.61 Å². The van der Waals surface area contributed by atoms with Gasteiger partial charge in [0.15, 0.2) is 0 Å². The quantitative estimate of drug-likeness (QED) is 0.608. The van der Waals surface area contributed by atoms with Crippen LogP contribution in [0.15, 0.2) is 42.5 Å². The summed E-state index contributed by atoms with van der Waals surface area (Å²) in [5, 5.41) is 8.32. The molecule has 0 unspecified atom stereocenters. The van der Waals surface area contributed by atoms with Crippen LogP contribution in [-0.2, 0) is 14.3 Å². The van der Waals surface area contributed by atoms with E-state index in [2.05, 4.69) is 0 Å². The number of para-hydroxylation sites is 1. The van der Waals surface area contributed by atoms with Gasteiger partial charge in [0, 0.05) is 24.9 Å². The minimum Gasteiger partial charge on any atom is -0.478 e. The Labute approximate surface area is 105 Å². The van der Waals surface area contributed by atoms with Crippen molar-refractivity contribution >= 4 is 17.6 Å². The molecule has 0 saturated heterocycles. The summed E-state index contributed by atoms with van der Waals surface area (Å²) in [5.41, 5.74) is 1.02. The fraction of sp³-hybridized carbons (Fsp3) is 0.231. The number of aliphatic carboxylic acids is 1. The van der Waals surface area contributed by atoms with Crippen LogP contribution in [0.4, 0.5) is 5.69 Å². The van der Waals surface area contributed by atoms with Crippen LogP contribution in [0.3, 0.4) is 0 Å². The smallest absolute Gasteiger partial charge is 0.331 e. The predicted octanol–water partition coefficient (Wildman–Crippen LogP) is 1.31. The fourth-order valence-corrected chi connectivity index (χ4v) is 1.28. The van der Waals surface area contributed by atoms with Gasteiger partial charge in [-0.15, -0.1) is 0 Å². The van der Waals surface area contributed by atoms with Crippen molar-refractivity contribution in [3.63, 3.8) is 0 Å². The number of anilines is 1. The van der Waals surface area contributed by atoms with Crippen LogP contribution in [-0.4, -0.2) is 37.2 Å². The average molecular weight is 249 g/mol. The molecule has 1 N–H and O–H groups in total. The molecule has 5 nitrogen and oxygen atoms in total. The summed E-state index contributed by atoms with van der Waals surface area (Å²) in [5.74, 6) is -1.83. The van der Waals surface area contributed by atoms with E-state index >= 15 is 0 Å². The van der Waals surface area contributed by atoms with Crippen molar-refractivity contribution < 1.29 is 19.4 Å². The van der Waals surface area contributed by atoms with E-state index in [0.717, 1.165) is 17.8 Å². The Kier molecular flexibility index (Phi) is 5.44. The summed E-state index contributed by atoms with van der Waals surface area (Å²) in [4.78, 5) is 23.2. The highest BCUT2D eigenvalue weighted by molar-refractivity contribution is 5.90. The topological polar surface area (TPSA) is 66.8 Å². The first-order valence-corrected chi connectivity index (χ1v) is 5.43. The van der Waals surface area contributed by atoms with E-state index < -0.39 is 11.9 Å². The lowest BCUT2D eigenvalue weighted by Crippen LogP contribution is -2.23. The van der Waals surface area contributed by atoms with Crippen LogP contribution < -0.4 is 4.90 Å². The molecular weight excluding hydrogens is 234 g/mol. The largest absolute Gasteiger partial charge is 0.478 e. The molecule has 1 rings (SSSR count). The van der Waals surface area contributed by atoms with Crippen molar-refractivity contribution in [1.82, 2.24) is 0 Å². The standard InChI is InChI=1S/C13H15NO4/c1-14(11-5-3-2-4-6-11)9-10-18-13(17)8-7-12(15)16/h2-8H,9-10H2,1H3,(H,15,16)/b8-7-. The molecule has 0 heterocycles. The molecule has 0 amide bonds. The molecule has 18 heavy (non-hydrogen) atoms. The summed E-state index contributed by atoms with van der Waals surface area (Å²) in [6.07, 6.45) is 1.65. The fourth-order valence-electron chi connectivity index (χ4n) is 1.28. The monoisotopic (exact) mass is 249 g/mol. The van der Waals surface area contributed by atoms with Crippen LogP contribution >= 0.6 is 0 Å². The van der Waals surface area contributed by atoms with Crippen molar-refractivity contribution in [3.8, 4) is 0 Å². The van der Waals surface area contributed by atoms with Crippen LogP contribution in [0, 0.1) is 0 Å². The number of hydrogen-bond acceptors (Lipinski definition) is 4. The van der Waals surface area contributed by atoms with E-state index in [-0.39, 0.29) is 6.61 Å². The van der Waals surface area contributed by atoms with E-state index in [1.807, 2.05) is 42.3 Å². The summed E-state index contributed by atoms with van der Waals surface area (Å²) in [6, 6.07) is 9.67. The Bertz CT molecular complexity index is 428. The summed E-state index contributed by atoms with van der Waals surface area (Å²) in [6.45, 7) is 0.741. The van der Waals surface area contributed by atoms with Gasteiger partial charge in [0.25, 0.3) is 0 Å². The molecule has 0 bridgehead atoms. The first-order valence-electron chi connectivity index (χ1n) is 5.43. The van der Waals surface area contributed by atoms with Crippen LogP contribution in [0.2, 0.25) is 0 Å².